The van der Waals surface area contributed by atoms with Crippen LogP contribution >= 0.6 is 12.6 Å². The second-order valence-electron chi connectivity index (χ2n) is 1.97. The Labute approximate surface area is 69.9 Å². The predicted molar refractivity (Wildman–Crippen MR) is 41.7 cm³/mol. The molecule has 0 fully saturated rings. The summed E-state index contributed by atoms with van der Waals surface area (Å²) in [7, 11) is 1.26. The quantitative estimate of drug-likeness (QED) is 0.481. The molecular formula is C6H10O4S. The minimum absolute atomic E-state index is 0.0942. The maximum absolute atomic E-state index is 10.5. The van der Waals surface area contributed by atoms with Gasteiger partial charge < -0.3 is 9.84 Å². The Kier molecular flexibility index (Phi) is 4.69. The number of carboxylic acid groups (broad SMARTS) is 1. The number of carbonyl (C=O) groups is 2. The van der Waals surface area contributed by atoms with Crippen LogP contribution in [-0.2, 0) is 14.3 Å². The van der Waals surface area contributed by atoms with Crippen molar-refractivity contribution in [2.45, 2.75) is 18.1 Å². The van der Waals surface area contributed by atoms with Crippen molar-refractivity contribution >= 4 is 24.6 Å². The van der Waals surface area contributed by atoms with E-state index in [1.54, 1.807) is 0 Å². The molecule has 0 aromatic heterocycles. The zero-order valence-electron chi connectivity index (χ0n) is 6.11. The van der Waals surface area contributed by atoms with Crippen LogP contribution in [0.2, 0.25) is 0 Å². The minimum atomic E-state index is -1.02. The van der Waals surface area contributed by atoms with Crippen LogP contribution in [0.1, 0.15) is 12.8 Å². The first-order valence-corrected chi connectivity index (χ1v) is 3.57. The molecule has 0 bridgehead atoms. The summed E-state index contributed by atoms with van der Waals surface area (Å²) in [5, 5.41) is 7.56. The fourth-order valence-electron chi connectivity index (χ4n) is 0.480. The Balaban J connectivity index is 3.54. The highest BCUT2D eigenvalue weighted by molar-refractivity contribution is 7.81. The average molecular weight is 178 g/mol. The van der Waals surface area contributed by atoms with Crippen molar-refractivity contribution in [2.75, 3.05) is 7.11 Å². The van der Waals surface area contributed by atoms with Gasteiger partial charge in [0.1, 0.15) is 0 Å². The lowest BCUT2D eigenvalue weighted by molar-refractivity contribution is -0.141. The molecule has 0 saturated carbocycles. The Morgan fingerprint density at radius 3 is 2.55 bits per heavy atom. The summed E-state index contributed by atoms with van der Waals surface area (Å²) < 4.78 is 4.31. The molecule has 0 aromatic rings. The fourth-order valence-corrected chi connectivity index (χ4v) is 0.609. The normalized spacial score (nSPS) is 12.2. The van der Waals surface area contributed by atoms with E-state index in [-0.39, 0.29) is 12.8 Å². The van der Waals surface area contributed by atoms with Crippen molar-refractivity contribution < 1.29 is 19.4 Å². The van der Waals surface area contributed by atoms with Gasteiger partial charge in [-0.05, 0) is 6.42 Å². The van der Waals surface area contributed by atoms with Crippen molar-refractivity contribution in [3.63, 3.8) is 0 Å². The molecule has 0 rings (SSSR count). The van der Waals surface area contributed by atoms with Crippen molar-refractivity contribution in [3.8, 4) is 0 Å². The van der Waals surface area contributed by atoms with Crippen LogP contribution in [0.25, 0.3) is 0 Å². The number of esters is 1. The van der Waals surface area contributed by atoms with Gasteiger partial charge in [-0.2, -0.15) is 12.6 Å². The van der Waals surface area contributed by atoms with E-state index >= 15 is 0 Å². The smallest absolute Gasteiger partial charge is 0.316 e. The summed E-state index contributed by atoms with van der Waals surface area (Å²) in [6.45, 7) is 0. The number of carbonyl (C=O) groups excluding carboxylic acids is 1. The number of ether oxygens (including phenoxy) is 1. The molecule has 1 unspecified atom stereocenters. The topological polar surface area (TPSA) is 63.6 Å². The van der Waals surface area contributed by atoms with Crippen LogP contribution in [0.5, 0.6) is 0 Å². The summed E-state index contributed by atoms with van der Waals surface area (Å²) >= 11 is 3.73. The van der Waals surface area contributed by atoms with E-state index < -0.39 is 17.2 Å². The molecule has 64 valence electrons. The van der Waals surface area contributed by atoms with Crippen LogP contribution in [0.4, 0.5) is 0 Å². The summed E-state index contributed by atoms with van der Waals surface area (Å²) in [6, 6.07) is 0. The summed E-state index contributed by atoms with van der Waals surface area (Å²) in [6.07, 6.45) is 0.294. The number of hydrogen-bond acceptors (Lipinski definition) is 4. The highest BCUT2D eigenvalue weighted by atomic mass is 32.1. The van der Waals surface area contributed by atoms with E-state index in [1.165, 1.54) is 7.11 Å². The van der Waals surface area contributed by atoms with E-state index in [4.69, 9.17) is 5.11 Å². The molecule has 5 heteroatoms. The molecule has 1 atom stereocenters. The third-order valence-corrected chi connectivity index (χ3v) is 1.61. The monoisotopic (exact) mass is 178 g/mol. The molecule has 0 aliphatic heterocycles. The average Bonchev–Trinajstić information content (AvgIpc) is 1.99. The van der Waals surface area contributed by atoms with Gasteiger partial charge in [-0.15, -0.1) is 0 Å². The molecule has 1 N–H and O–H groups in total. The molecule has 4 nitrogen and oxygen atoms in total. The van der Waals surface area contributed by atoms with Crippen LogP contribution in [0.3, 0.4) is 0 Å². The Morgan fingerprint density at radius 1 is 1.64 bits per heavy atom. The third kappa shape index (κ3) is 4.66. The number of rotatable bonds is 4. The number of methoxy groups -OCH3 is 1. The van der Waals surface area contributed by atoms with Crippen molar-refractivity contribution in [2.24, 2.45) is 0 Å². The van der Waals surface area contributed by atoms with Gasteiger partial charge in [0.2, 0.25) is 0 Å². The number of carboxylic acids is 1. The molecular weight excluding hydrogens is 168 g/mol. The molecule has 0 aliphatic rings. The molecule has 0 amide bonds. The number of hydrogen-bond donors (Lipinski definition) is 2. The van der Waals surface area contributed by atoms with E-state index in [1.807, 2.05) is 0 Å². The van der Waals surface area contributed by atoms with Gasteiger partial charge in [-0.1, -0.05) is 0 Å². The summed E-state index contributed by atoms with van der Waals surface area (Å²) in [5.41, 5.74) is 0. The van der Waals surface area contributed by atoms with E-state index in [9.17, 15) is 9.59 Å². The number of aliphatic carboxylic acids is 1. The summed E-state index contributed by atoms with van der Waals surface area (Å²) in [5.74, 6) is -1.43. The second-order valence-corrected chi connectivity index (χ2v) is 2.59. The van der Waals surface area contributed by atoms with Gasteiger partial charge in [0, 0.05) is 6.42 Å². The predicted octanol–water partition coefficient (Wildman–Crippen LogP) is 0.323. The van der Waals surface area contributed by atoms with Gasteiger partial charge in [-0.25, -0.2) is 0 Å². The van der Waals surface area contributed by atoms with Gasteiger partial charge >= 0.3 is 11.9 Å². The fraction of sp³-hybridized carbons (Fsp3) is 0.667. The molecule has 0 aromatic carbocycles. The zero-order chi connectivity index (χ0) is 8.85. The molecule has 11 heavy (non-hydrogen) atoms. The van der Waals surface area contributed by atoms with Crippen LogP contribution in [0.15, 0.2) is 0 Å². The van der Waals surface area contributed by atoms with Crippen LogP contribution in [-0.4, -0.2) is 29.4 Å². The molecule has 0 spiro atoms. The van der Waals surface area contributed by atoms with Gasteiger partial charge in [0.15, 0.2) is 0 Å². The standard InChI is InChI=1S/C6H10O4S/c1-10-5(7)3-2-4(11)6(8)9/h4,11H,2-3H2,1H3,(H,8,9). The molecule has 0 aliphatic carbocycles. The first-order valence-electron chi connectivity index (χ1n) is 3.05. The SMILES string of the molecule is COC(=O)CCC(S)C(=O)O. The van der Waals surface area contributed by atoms with Crippen LogP contribution < -0.4 is 0 Å². The lowest BCUT2D eigenvalue weighted by Gasteiger charge is -2.02. The maximum atomic E-state index is 10.5. The maximum Gasteiger partial charge on any atom is 0.316 e. The molecule has 0 saturated heterocycles. The summed E-state index contributed by atoms with van der Waals surface area (Å²) in [4.78, 5) is 20.7. The van der Waals surface area contributed by atoms with Crippen molar-refractivity contribution in [3.05, 3.63) is 0 Å². The van der Waals surface area contributed by atoms with Gasteiger partial charge in [-0.3, -0.25) is 9.59 Å². The first kappa shape index (κ1) is 10.3. The first-order chi connectivity index (χ1) is 5.07. The van der Waals surface area contributed by atoms with Crippen molar-refractivity contribution in [1.82, 2.24) is 0 Å². The van der Waals surface area contributed by atoms with E-state index in [0.29, 0.717) is 0 Å². The van der Waals surface area contributed by atoms with Gasteiger partial charge in [0.25, 0.3) is 0 Å². The van der Waals surface area contributed by atoms with Crippen LogP contribution in [0, 0.1) is 0 Å². The van der Waals surface area contributed by atoms with E-state index in [0.717, 1.165) is 0 Å². The molecule has 0 heterocycles. The highest BCUT2D eigenvalue weighted by Crippen LogP contribution is 2.05. The Bertz CT molecular complexity index is 157. The largest absolute Gasteiger partial charge is 0.480 e. The van der Waals surface area contributed by atoms with Gasteiger partial charge in [0.05, 0.1) is 12.4 Å². The second kappa shape index (κ2) is 5.01. The molecule has 0 radical (unpaired) electrons. The van der Waals surface area contributed by atoms with E-state index in [2.05, 4.69) is 17.4 Å². The lowest BCUT2D eigenvalue weighted by Crippen LogP contribution is -2.15. The minimum Gasteiger partial charge on any atom is -0.480 e. The highest BCUT2D eigenvalue weighted by Gasteiger charge is 2.13. The zero-order valence-corrected chi connectivity index (χ0v) is 7.01. The third-order valence-electron chi connectivity index (χ3n) is 1.13. The lowest BCUT2D eigenvalue weighted by atomic mass is 10.2. The number of thiol groups is 1. The Morgan fingerprint density at radius 2 is 2.18 bits per heavy atom. The van der Waals surface area contributed by atoms with Crippen molar-refractivity contribution in [1.29, 1.82) is 0 Å². The Hall–Kier alpha value is -0.710.